The number of ether oxygens (including phenoxy) is 1. The number of halogens is 1. The second-order valence-electron chi connectivity index (χ2n) is 7.24. The number of hydrogen-bond acceptors (Lipinski definition) is 5. The molecule has 1 aromatic rings. The van der Waals surface area contributed by atoms with Crippen LogP contribution in [-0.4, -0.2) is 55.2 Å². The van der Waals surface area contributed by atoms with Crippen molar-refractivity contribution in [1.29, 1.82) is 5.26 Å². The highest BCUT2D eigenvalue weighted by atomic mass is 19.1. The van der Waals surface area contributed by atoms with E-state index in [-0.39, 0.29) is 24.2 Å². The fourth-order valence-corrected chi connectivity index (χ4v) is 4.33. The molecule has 2 fully saturated rings. The minimum atomic E-state index is -0.538. The van der Waals surface area contributed by atoms with Gasteiger partial charge in [0.25, 0.3) is 0 Å². The average molecular weight is 356 g/mol. The lowest BCUT2D eigenvalue weighted by atomic mass is 9.73. The third-order valence-electron chi connectivity index (χ3n) is 5.75. The van der Waals surface area contributed by atoms with Gasteiger partial charge in [0.15, 0.2) is 0 Å². The van der Waals surface area contributed by atoms with Crippen molar-refractivity contribution in [2.24, 2.45) is 11.3 Å². The van der Waals surface area contributed by atoms with Gasteiger partial charge < -0.3 is 14.5 Å². The molecule has 136 valence electrons. The van der Waals surface area contributed by atoms with Crippen molar-refractivity contribution in [1.82, 2.24) is 9.88 Å². The van der Waals surface area contributed by atoms with Gasteiger partial charge in [-0.1, -0.05) is 0 Å². The predicted molar refractivity (Wildman–Crippen MR) is 92.9 cm³/mol. The van der Waals surface area contributed by atoms with Crippen LogP contribution < -0.4 is 4.90 Å². The summed E-state index contributed by atoms with van der Waals surface area (Å²) in [6, 6.07) is 5.57. The minimum Gasteiger partial charge on any atom is -0.381 e. The van der Waals surface area contributed by atoms with Crippen LogP contribution >= 0.6 is 0 Å². The van der Waals surface area contributed by atoms with E-state index >= 15 is 0 Å². The smallest absolute Gasteiger partial charge is 0.231 e. The molecule has 3 aliphatic rings. The molecule has 3 aliphatic heterocycles. The summed E-state index contributed by atoms with van der Waals surface area (Å²) in [7, 11) is 0. The number of nitriles is 1. The Morgan fingerprint density at radius 1 is 1.46 bits per heavy atom. The fraction of sp³-hybridized carbons (Fsp3) is 0.526. The minimum absolute atomic E-state index is 0.0400. The maximum Gasteiger partial charge on any atom is 0.231 e. The molecule has 2 unspecified atom stereocenters. The molecule has 1 amide bonds. The first kappa shape index (κ1) is 17.0. The highest BCUT2D eigenvalue weighted by Gasteiger charge is 2.55. The number of fused-ring (bicyclic) bond motifs is 1. The zero-order valence-corrected chi connectivity index (χ0v) is 14.5. The molecule has 6 nitrogen and oxygen atoms in total. The average Bonchev–Trinajstić information content (AvgIpc) is 3.08. The molecule has 0 aromatic carbocycles. The van der Waals surface area contributed by atoms with Crippen molar-refractivity contribution in [3.63, 3.8) is 0 Å². The number of carbonyl (C=O) groups excluding carboxylic acids is 1. The standard InChI is InChI=1S/C19H21FN4O2/c20-15-2-1-6-23(11-15)18(25)19-5-7-26-12-14(19)10-24(13-19)17-4-3-16(8-21)22-9-17/h2-4,9,14H,1,5-7,10-13H2. The molecule has 0 radical (unpaired) electrons. The molecular formula is C19H21FN4O2. The molecule has 0 N–H and O–H groups in total. The Morgan fingerprint density at radius 3 is 3.08 bits per heavy atom. The number of aromatic nitrogens is 1. The number of rotatable bonds is 2. The summed E-state index contributed by atoms with van der Waals surface area (Å²) in [5, 5.41) is 8.91. The first-order chi connectivity index (χ1) is 12.6. The Kier molecular flexibility index (Phi) is 4.37. The van der Waals surface area contributed by atoms with Gasteiger partial charge >= 0.3 is 0 Å². The second kappa shape index (κ2) is 6.69. The van der Waals surface area contributed by atoms with Crippen LogP contribution in [0.3, 0.4) is 0 Å². The van der Waals surface area contributed by atoms with Crippen molar-refractivity contribution in [3.05, 3.63) is 35.9 Å². The first-order valence-electron chi connectivity index (χ1n) is 8.95. The molecule has 4 rings (SSSR count). The predicted octanol–water partition coefficient (Wildman–Crippen LogP) is 1.88. The summed E-state index contributed by atoms with van der Waals surface area (Å²) in [5.41, 5.74) is 0.731. The normalized spacial score (nSPS) is 28.3. The highest BCUT2D eigenvalue weighted by molar-refractivity contribution is 5.85. The summed E-state index contributed by atoms with van der Waals surface area (Å²) in [5.74, 6) is -0.109. The summed E-state index contributed by atoms with van der Waals surface area (Å²) in [6.45, 7) is 3.01. The molecule has 2 atom stereocenters. The lowest BCUT2D eigenvalue weighted by Gasteiger charge is -2.41. The van der Waals surface area contributed by atoms with E-state index in [1.165, 1.54) is 0 Å². The molecule has 1 aromatic heterocycles. The van der Waals surface area contributed by atoms with E-state index < -0.39 is 5.41 Å². The van der Waals surface area contributed by atoms with Crippen LogP contribution in [-0.2, 0) is 9.53 Å². The first-order valence-corrected chi connectivity index (χ1v) is 8.95. The number of carbonyl (C=O) groups is 1. The highest BCUT2D eigenvalue weighted by Crippen LogP contribution is 2.45. The lowest BCUT2D eigenvalue weighted by Crippen LogP contribution is -2.53. The van der Waals surface area contributed by atoms with Crippen molar-refractivity contribution in [3.8, 4) is 6.07 Å². The fourth-order valence-electron chi connectivity index (χ4n) is 4.33. The topological polar surface area (TPSA) is 69.5 Å². The molecule has 26 heavy (non-hydrogen) atoms. The molecule has 0 bridgehead atoms. The largest absolute Gasteiger partial charge is 0.381 e. The maximum atomic E-state index is 13.7. The number of hydrogen-bond donors (Lipinski definition) is 0. The van der Waals surface area contributed by atoms with Crippen LogP contribution in [0.5, 0.6) is 0 Å². The van der Waals surface area contributed by atoms with Gasteiger partial charge in [0, 0.05) is 32.2 Å². The number of amides is 1. The molecule has 0 aliphatic carbocycles. The molecule has 0 saturated carbocycles. The Morgan fingerprint density at radius 2 is 2.35 bits per heavy atom. The van der Waals surface area contributed by atoms with Gasteiger partial charge in [-0.25, -0.2) is 9.37 Å². The van der Waals surface area contributed by atoms with Gasteiger partial charge in [-0.15, -0.1) is 0 Å². The van der Waals surface area contributed by atoms with E-state index in [1.807, 2.05) is 12.1 Å². The van der Waals surface area contributed by atoms with Crippen LogP contribution in [0.15, 0.2) is 30.2 Å². The van der Waals surface area contributed by atoms with Crippen molar-refractivity contribution in [2.75, 3.05) is 44.3 Å². The van der Waals surface area contributed by atoms with Crippen molar-refractivity contribution in [2.45, 2.75) is 12.8 Å². The number of pyridine rings is 1. The second-order valence-corrected chi connectivity index (χ2v) is 7.24. The van der Waals surface area contributed by atoms with Gasteiger partial charge in [0.05, 0.1) is 30.5 Å². The molecular weight excluding hydrogens is 335 g/mol. The molecule has 0 spiro atoms. The molecule has 2 saturated heterocycles. The molecule has 7 heteroatoms. The van der Waals surface area contributed by atoms with Crippen LogP contribution in [0.1, 0.15) is 18.5 Å². The zero-order valence-electron chi connectivity index (χ0n) is 14.5. The van der Waals surface area contributed by atoms with Gasteiger partial charge in [-0.05, 0) is 31.1 Å². The van der Waals surface area contributed by atoms with Gasteiger partial charge in [-0.2, -0.15) is 5.26 Å². The summed E-state index contributed by atoms with van der Waals surface area (Å²) in [4.78, 5) is 21.3. The monoisotopic (exact) mass is 356 g/mol. The third kappa shape index (κ3) is 2.84. The lowest BCUT2D eigenvalue weighted by molar-refractivity contribution is -0.150. The van der Waals surface area contributed by atoms with Crippen LogP contribution in [0.2, 0.25) is 0 Å². The van der Waals surface area contributed by atoms with E-state index in [0.29, 0.717) is 51.4 Å². The van der Waals surface area contributed by atoms with Gasteiger partial charge in [-0.3, -0.25) is 4.79 Å². The Hall–Kier alpha value is -2.46. The van der Waals surface area contributed by atoms with E-state index in [0.717, 1.165) is 5.69 Å². The Labute approximate surface area is 151 Å². The van der Waals surface area contributed by atoms with E-state index in [1.54, 1.807) is 23.2 Å². The van der Waals surface area contributed by atoms with Gasteiger partial charge in [0.2, 0.25) is 5.91 Å². The van der Waals surface area contributed by atoms with E-state index in [2.05, 4.69) is 9.88 Å². The summed E-state index contributed by atoms with van der Waals surface area (Å²) < 4.78 is 19.4. The van der Waals surface area contributed by atoms with Crippen molar-refractivity contribution >= 4 is 11.6 Å². The van der Waals surface area contributed by atoms with Gasteiger partial charge in [0.1, 0.15) is 17.6 Å². The number of nitrogens with zero attached hydrogens (tertiary/aromatic N) is 4. The summed E-state index contributed by atoms with van der Waals surface area (Å²) in [6.07, 6.45) is 4.46. The quantitative estimate of drug-likeness (QED) is 0.809. The Balaban J connectivity index is 1.59. The third-order valence-corrected chi connectivity index (χ3v) is 5.75. The van der Waals surface area contributed by atoms with Crippen LogP contribution in [0.25, 0.3) is 0 Å². The number of anilines is 1. The van der Waals surface area contributed by atoms with Crippen LogP contribution in [0, 0.1) is 22.7 Å². The van der Waals surface area contributed by atoms with Crippen molar-refractivity contribution < 1.29 is 13.9 Å². The molecule has 4 heterocycles. The Bertz CT molecular complexity index is 773. The SMILES string of the molecule is N#Cc1ccc(N2CC3COCCC3(C(=O)N3CCC=C(F)C3)C2)cn1. The van der Waals surface area contributed by atoms with E-state index in [9.17, 15) is 9.18 Å². The zero-order chi connectivity index (χ0) is 18.1. The van der Waals surface area contributed by atoms with E-state index in [4.69, 9.17) is 10.00 Å². The van der Waals surface area contributed by atoms with Crippen LogP contribution in [0.4, 0.5) is 10.1 Å². The summed E-state index contributed by atoms with van der Waals surface area (Å²) >= 11 is 0. The maximum absolute atomic E-state index is 13.7.